The van der Waals surface area contributed by atoms with E-state index in [4.69, 9.17) is 10.7 Å². The van der Waals surface area contributed by atoms with Gasteiger partial charge in [-0.1, -0.05) is 6.07 Å². The third-order valence-electron chi connectivity index (χ3n) is 3.94. The Hall–Kier alpha value is -1.11. The van der Waals surface area contributed by atoms with Crippen LogP contribution in [0, 0.1) is 5.82 Å². The molecule has 0 unspecified atom stereocenters. The van der Waals surface area contributed by atoms with Crippen molar-refractivity contribution < 1.29 is 12.8 Å². The molecule has 7 heteroatoms. The predicted molar refractivity (Wildman–Crippen MR) is 80.6 cm³/mol. The van der Waals surface area contributed by atoms with Crippen molar-refractivity contribution in [3.8, 4) is 0 Å². The maximum absolute atomic E-state index is 14.0. The first kappa shape index (κ1) is 14.8. The van der Waals surface area contributed by atoms with Crippen molar-refractivity contribution in [2.45, 2.75) is 24.3 Å². The van der Waals surface area contributed by atoms with Crippen molar-refractivity contribution in [3.63, 3.8) is 0 Å². The van der Waals surface area contributed by atoms with E-state index in [2.05, 4.69) is 4.90 Å². The molecule has 1 aromatic carbocycles. The Morgan fingerprint density at radius 1 is 1.19 bits per heavy atom. The van der Waals surface area contributed by atoms with Gasteiger partial charge in [-0.05, 0) is 38.1 Å². The summed E-state index contributed by atoms with van der Waals surface area (Å²) in [6, 6.07) is 4.54. The molecule has 1 fully saturated rings. The summed E-state index contributed by atoms with van der Waals surface area (Å²) in [4.78, 5) is 2.17. The summed E-state index contributed by atoms with van der Waals surface area (Å²) in [5.74, 6) is -0.563. The van der Waals surface area contributed by atoms with Crippen LogP contribution in [-0.4, -0.2) is 37.5 Å². The molecule has 2 aromatic rings. The lowest BCUT2D eigenvalue weighted by atomic mass is 10.2. The first-order chi connectivity index (χ1) is 9.97. The smallest absolute Gasteiger partial charge is 0.263 e. The van der Waals surface area contributed by atoms with Gasteiger partial charge in [0.2, 0.25) is 0 Å². The molecule has 1 aliphatic heterocycles. The Kier molecular flexibility index (Phi) is 3.94. The fourth-order valence-corrected chi connectivity index (χ4v) is 3.95. The van der Waals surface area contributed by atoms with Gasteiger partial charge >= 0.3 is 0 Å². The number of benzene rings is 1. The van der Waals surface area contributed by atoms with Gasteiger partial charge in [0.05, 0.1) is 10.9 Å². The zero-order valence-electron chi connectivity index (χ0n) is 11.4. The average Bonchev–Trinajstić information content (AvgIpc) is 3.03. The van der Waals surface area contributed by atoms with Gasteiger partial charge in [-0.25, -0.2) is 12.8 Å². The van der Waals surface area contributed by atoms with Crippen LogP contribution >= 0.6 is 10.7 Å². The van der Waals surface area contributed by atoms with Gasteiger partial charge in [-0.15, -0.1) is 0 Å². The number of hydrogen-bond donors (Lipinski definition) is 0. The molecule has 0 radical (unpaired) electrons. The number of fused-ring (bicyclic) bond motifs is 1. The van der Waals surface area contributed by atoms with Crippen LogP contribution in [0.3, 0.4) is 0 Å². The third-order valence-corrected chi connectivity index (χ3v) is 5.27. The van der Waals surface area contributed by atoms with E-state index in [1.807, 2.05) is 0 Å². The quantitative estimate of drug-likeness (QED) is 0.810. The Balaban J connectivity index is 2.00. The van der Waals surface area contributed by atoms with Crippen LogP contribution in [0.15, 0.2) is 29.3 Å². The number of nitrogens with zero attached hydrogens (tertiary/aromatic N) is 2. The molecule has 2 heterocycles. The van der Waals surface area contributed by atoms with Gasteiger partial charge in [0.1, 0.15) is 10.7 Å². The fraction of sp³-hybridized carbons (Fsp3) is 0.429. The minimum absolute atomic E-state index is 0.0777. The Labute approximate surface area is 127 Å². The molecule has 1 saturated heterocycles. The topological polar surface area (TPSA) is 42.3 Å². The van der Waals surface area contributed by atoms with E-state index in [1.54, 1.807) is 16.7 Å². The van der Waals surface area contributed by atoms with Crippen LogP contribution in [0.1, 0.15) is 12.8 Å². The SMILES string of the molecule is O=S(=O)(Cl)c1cn(CCN2CCCC2)c2cccc(F)c12. The molecular formula is C14H16ClFN2O2S. The summed E-state index contributed by atoms with van der Waals surface area (Å²) < 4.78 is 39.1. The lowest BCUT2D eigenvalue weighted by Gasteiger charge is -2.15. The molecule has 21 heavy (non-hydrogen) atoms. The van der Waals surface area contributed by atoms with Gasteiger partial charge in [0.15, 0.2) is 0 Å². The average molecular weight is 331 g/mol. The van der Waals surface area contributed by atoms with E-state index >= 15 is 0 Å². The number of hydrogen-bond acceptors (Lipinski definition) is 3. The molecule has 0 atom stereocenters. The summed E-state index contributed by atoms with van der Waals surface area (Å²) >= 11 is 0. The zero-order chi connectivity index (χ0) is 15.0. The highest BCUT2D eigenvalue weighted by molar-refractivity contribution is 8.14. The summed E-state index contributed by atoms with van der Waals surface area (Å²) in [5, 5.41) is 0.0777. The van der Waals surface area contributed by atoms with Crippen molar-refractivity contribution >= 4 is 30.6 Å². The number of aromatic nitrogens is 1. The minimum atomic E-state index is -3.97. The molecule has 0 aliphatic carbocycles. The van der Waals surface area contributed by atoms with Crippen molar-refractivity contribution in [1.82, 2.24) is 9.47 Å². The van der Waals surface area contributed by atoms with E-state index in [1.165, 1.54) is 25.1 Å². The van der Waals surface area contributed by atoms with E-state index in [-0.39, 0.29) is 10.3 Å². The summed E-state index contributed by atoms with van der Waals surface area (Å²) in [6.45, 7) is 3.57. The molecular weight excluding hydrogens is 315 g/mol. The van der Waals surface area contributed by atoms with Crippen molar-refractivity contribution in [1.29, 1.82) is 0 Å². The molecule has 1 aliphatic rings. The van der Waals surface area contributed by atoms with Crippen LogP contribution in [0.2, 0.25) is 0 Å². The summed E-state index contributed by atoms with van der Waals surface area (Å²) in [5.41, 5.74) is 0.563. The molecule has 114 valence electrons. The van der Waals surface area contributed by atoms with E-state index in [0.29, 0.717) is 12.1 Å². The minimum Gasteiger partial charge on any atom is -0.345 e. The molecule has 0 bridgehead atoms. The lowest BCUT2D eigenvalue weighted by Crippen LogP contribution is -2.23. The van der Waals surface area contributed by atoms with Gasteiger partial charge in [0, 0.05) is 30.0 Å². The predicted octanol–water partition coefficient (Wildman–Crippen LogP) is 2.80. The first-order valence-electron chi connectivity index (χ1n) is 6.91. The van der Waals surface area contributed by atoms with Crippen LogP contribution < -0.4 is 0 Å². The molecule has 0 spiro atoms. The Bertz CT molecular complexity index is 767. The summed E-state index contributed by atoms with van der Waals surface area (Å²) in [6.07, 6.45) is 3.83. The van der Waals surface area contributed by atoms with Gasteiger partial charge in [-0.2, -0.15) is 0 Å². The van der Waals surface area contributed by atoms with E-state index in [9.17, 15) is 12.8 Å². The summed E-state index contributed by atoms with van der Waals surface area (Å²) in [7, 11) is 1.46. The maximum Gasteiger partial charge on any atom is 0.263 e. The molecule has 3 rings (SSSR count). The highest BCUT2D eigenvalue weighted by Gasteiger charge is 2.22. The van der Waals surface area contributed by atoms with Crippen molar-refractivity contribution in [2.75, 3.05) is 19.6 Å². The largest absolute Gasteiger partial charge is 0.345 e. The second-order valence-electron chi connectivity index (χ2n) is 5.31. The van der Waals surface area contributed by atoms with Crippen LogP contribution in [0.5, 0.6) is 0 Å². The highest BCUT2D eigenvalue weighted by Crippen LogP contribution is 2.30. The second kappa shape index (κ2) is 5.59. The Morgan fingerprint density at radius 3 is 2.57 bits per heavy atom. The molecule has 0 saturated carbocycles. The normalized spacial score (nSPS) is 16.9. The Morgan fingerprint density at radius 2 is 1.90 bits per heavy atom. The zero-order valence-corrected chi connectivity index (χ0v) is 13.0. The third kappa shape index (κ3) is 2.93. The van der Waals surface area contributed by atoms with Gasteiger partial charge in [0.25, 0.3) is 9.05 Å². The van der Waals surface area contributed by atoms with E-state index in [0.717, 1.165) is 19.6 Å². The number of rotatable bonds is 4. The van der Waals surface area contributed by atoms with Gasteiger partial charge in [-0.3, -0.25) is 0 Å². The molecule has 0 amide bonds. The molecule has 1 aromatic heterocycles. The standard InChI is InChI=1S/C14H16ClFN2O2S/c15-21(19,20)13-10-18(9-8-17-6-1-2-7-17)12-5-3-4-11(16)14(12)13/h3-5,10H,1-2,6-9H2. The molecule has 4 nitrogen and oxygen atoms in total. The van der Waals surface area contributed by atoms with Crippen LogP contribution in [0.25, 0.3) is 10.9 Å². The van der Waals surface area contributed by atoms with Crippen molar-refractivity contribution in [3.05, 3.63) is 30.2 Å². The first-order valence-corrected chi connectivity index (χ1v) is 9.22. The fourth-order valence-electron chi connectivity index (χ4n) is 2.90. The number of likely N-dealkylation sites (tertiary alicyclic amines) is 1. The van der Waals surface area contributed by atoms with Gasteiger partial charge < -0.3 is 9.47 Å². The van der Waals surface area contributed by atoms with Crippen LogP contribution in [0.4, 0.5) is 4.39 Å². The van der Waals surface area contributed by atoms with E-state index < -0.39 is 14.9 Å². The van der Waals surface area contributed by atoms with Crippen LogP contribution in [-0.2, 0) is 15.6 Å². The van der Waals surface area contributed by atoms with Crippen molar-refractivity contribution in [2.24, 2.45) is 0 Å². The monoisotopic (exact) mass is 330 g/mol. The number of halogens is 2. The molecule has 0 N–H and O–H groups in total. The second-order valence-corrected chi connectivity index (χ2v) is 7.84. The lowest BCUT2D eigenvalue weighted by molar-refractivity contribution is 0.324. The maximum atomic E-state index is 14.0. The highest BCUT2D eigenvalue weighted by atomic mass is 35.7.